The Hall–Kier alpha value is -2.95. The average molecular weight is 309 g/mol. The minimum absolute atomic E-state index is 0.193. The summed E-state index contributed by atoms with van der Waals surface area (Å²) in [6, 6.07) is 13.3. The number of aryl methyl sites for hydroxylation is 1. The molecule has 2 aromatic carbocycles. The van der Waals surface area contributed by atoms with E-state index in [2.05, 4.69) is 0 Å². The zero-order valence-electron chi connectivity index (χ0n) is 12.6. The molecular formula is C18H15NO4. The van der Waals surface area contributed by atoms with Crippen LogP contribution >= 0.6 is 0 Å². The fourth-order valence-electron chi connectivity index (χ4n) is 2.76. The van der Waals surface area contributed by atoms with Gasteiger partial charge in [-0.2, -0.15) is 0 Å². The minimum atomic E-state index is -0.334. The van der Waals surface area contributed by atoms with Crippen LogP contribution in [0.5, 0.6) is 11.5 Å². The molecule has 0 atom stereocenters. The first-order valence-electron chi connectivity index (χ1n) is 7.32. The third-order valence-electron chi connectivity index (χ3n) is 3.92. The summed E-state index contributed by atoms with van der Waals surface area (Å²) in [5.41, 5.74) is 2.44. The second-order valence-corrected chi connectivity index (χ2v) is 5.43. The molecular weight excluding hydrogens is 294 g/mol. The number of para-hydroxylation sites is 1. The van der Waals surface area contributed by atoms with Crippen molar-refractivity contribution in [2.24, 2.45) is 7.05 Å². The molecule has 5 heteroatoms. The lowest BCUT2D eigenvalue weighted by atomic mass is 10.2. The van der Waals surface area contributed by atoms with Crippen LogP contribution in [-0.4, -0.2) is 17.3 Å². The zero-order chi connectivity index (χ0) is 15.8. The van der Waals surface area contributed by atoms with Crippen molar-refractivity contribution in [1.29, 1.82) is 0 Å². The monoisotopic (exact) mass is 309 g/mol. The van der Waals surface area contributed by atoms with Crippen LogP contribution in [0.25, 0.3) is 10.9 Å². The van der Waals surface area contributed by atoms with Gasteiger partial charge in [0.25, 0.3) is 0 Å². The van der Waals surface area contributed by atoms with E-state index in [1.54, 1.807) is 6.20 Å². The molecule has 4 rings (SSSR count). The molecule has 5 nitrogen and oxygen atoms in total. The van der Waals surface area contributed by atoms with Gasteiger partial charge in [-0.25, -0.2) is 4.79 Å². The van der Waals surface area contributed by atoms with Crippen LogP contribution in [-0.2, 0) is 18.4 Å². The largest absolute Gasteiger partial charge is 0.457 e. The molecule has 0 saturated heterocycles. The summed E-state index contributed by atoms with van der Waals surface area (Å²) in [6.07, 6.45) is 1.80. The van der Waals surface area contributed by atoms with Gasteiger partial charge in [0.2, 0.25) is 6.79 Å². The third kappa shape index (κ3) is 2.40. The minimum Gasteiger partial charge on any atom is -0.457 e. The highest BCUT2D eigenvalue weighted by Gasteiger charge is 2.17. The summed E-state index contributed by atoms with van der Waals surface area (Å²) in [6.45, 7) is 0.424. The van der Waals surface area contributed by atoms with Crippen LogP contribution in [0.4, 0.5) is 0 Å². The normalized spacial score (nSPS) is 12.6. The van der Waals surface area contributed by atoms with Crippen LogP contribution < -0.4 is 9.47 Å². The Bertz CT molecular complexity index is 897. The maximum atomic E-state index is 12.4. The first-order chi connectivity index (χ1) is 11.2. The second kappa shape index (κ2) is 5.35. The van der Waals surface area contributed by atoms with E-state index in [1.807, 2.05) is 54.1 Å². The van der Waals surface area contributed by atoms with Crippen molar-refractivity contribution in [3.05, 3.63) is 59.8 Å². The van der Waals surface area contributed by atoms with Crippen molar-refractivity contribution in [3.8, 4) is 11.5 Å². The summed E-state index contributed by atoms with van der Waals surface area (Å²) in [5.74, 6) is 1.07. The molecule has 0 amide bonds. The number of ether oxygens (including phenoxy) is 3. The molecule has 0 unspecified atom stereocenters. The van der Waals surface area contributed by atoms with Crippen molar-refractivity contribution in [3.63, 3.8) is 0 Å². The van der Waals surface area contributed by atoms with E-state index in [0.29, 0.717) is 17.1 Å². The maximum Gasteiger partial charge on any atom is 0.340 e. The Labute approximate surface area is 133 Å². The van der Waals surface area contributed by atoms with Gasteiger partial charge in [0.15, 0.2) is 11.5 Å². The van der Waals surface area contributed by atoms with Gasteiger partial charge in [-0.3, -0.25) is 0 Å². The van der Waals surface area contributed by atoms with E-state index in [9.17, 15) is 4.79 Å². The Morgan fingerprint density at radius 3 is 2.91 bits per heavy atom. The highest BCUT2D eigenvalue weighted by Crippen LogP contribution is 2.32. The van der Waals surface area contributed by atoms with E-state index in [4.69, 9.17) is 14.2 Å². The summed E-state index contributed by atoms with van der Waals surface area (Å²) in [7, 11) is 1.91. The van der Waals surface area contributed by atoms with Crippen LogP contribution in [0.15, 0.2) is 48.7 Å². The zero-order valence-corrected chi connectivity index (χ0v) is 12.6. The highest BCUT2D eigenvalue weighted by atomic mass is 16.7. The highest BCUT2D eigenvalue weighted by molar-refractivity contribution is 6.04. The average Bonchev–Trinajstić information content (AvgIpc) is 3.17. The molecule has 1 aromatic heterocycles. The number of rotatable bonds is 3. The number of benzene rings is 2. The van der Waals surface area contributed by atoms with Crippen molar-refractivity contribution >= 4 is 16.9 Å². The topological polar surface area (TPSA) is 49.7 Å². The van der Waals surface area contributed by atoms with E-state index < -0.39 is 0 Å². The molecule has 3 aromatic rings. The molecule has 23 heavy (non-hydrogen) atoms. The first kappa shape index (κ1) is 13.7. The number of esters is 1. The van der Waals surface area contributed by atoms with Gasteiger partial charge < -0.3 is 18.8 Å². The van der Waals surface area contributed by atoms with E-state index in [-0.39, 0.29) is 19.4 Å². The molecule has 0 saturated carbocycles. The smallest absolute Gasteiger partial charge is 0.340 e. The van der Waals surface area contributed by atoms with Crippen LogP contribution in [0.1, 0.15) is 15.9 Å². The quantitative estimate of drug-likeness (QED) is 0.697. The molecule has 0 N–H and O–H groups in total. The van der Waals surface area contributed by atoms with Crippen molar-refractivity contribution in [2.75, 3.05) is 6.79 Å². The number of carbonyl (C=O) groups is 1. The SMILES string of the molecule is Cn1cc(C(=O)OCc2ccc3c(c2)OCO3)c2ccccc21. The van der Waals surface area contributed by atoms with Gasteiger partial charge in [-0.15, -0.1) is 0 Å². The van der Waals surface area contributed by atoms with Crippen LogP contribution in [0, 0.1) is 0 Å². The fraction of sp³-hybridized carbons (Fsp3) is 0.167. The number of fused-ring (bicyclic) bond motifs is 2. The van der Waals surface area contributed by atoms with Gasteiger partial charge in [0, 0.05) is 24.1 Å². The van der Waals surface area contributed by atoms with E-state index >= 15 is 0 Å². The van der Waals surface area contributed by atoms with Crippen molar-refractivity contribution in [2.45, 2.75) is 6.61 Å². The van der Waals surface area contributed by atoms with Crippen molar-refractivity contribution in [1.82, 2.24) is 4.57 Å². The molecule has 116 valence electrons. The van der Waals surface area contributed by atoms with Crippen LogP contribution in [0.2, 0.25) is 0 Å². The first-order valence-corrected chi connectivity index (χ1v) is 7.32. The van der Waals surface area contributed by atoms with Gasteiger partial charge in [0.1, 0.15) is 6.61 Å². The van der Waals surface area contributed by atoms with E-state index in [0.717, 1.165) is 16.5 Å². The number of hydrogen-bond acceptors (Lipinski definition) is 4. The lowest BCUT2D eigenvalue weighted by molar-refractivity contribution is 0.0474. The predicted molar refractivity (Wildman–Crippen MR) is 84.6 cm³/mol. The lowest BCUT2D eigenvalue weighted by Crippen LogP contribution is -2.04. The summed E-state index contributed by atoms with van der Waals surface area (Å²) in [4.78, 5) is 12.4. The molecule has 0 spiro atoms. The van der Waals surface area contributed by atoms with Crippen molar-refractivity contribution < 1.29 is 19.0 Å². The van der Waals surface area contributed by atoms with Gasteiger partial charge >= 0.3 is 5.97 Å². The lowest BCUT2D eigenvalue weighted by Gasteiger charge is -2.05. The molecule has 2 heterocycles. The Morgan fingerprint density at radius 1 is 1.17 bits per heavy atom. The standard InChI is InChI=1S/C18H15NO4/c1-19-9-14(13-4-2-3-5-15(13)19)18(20)21-10-12-6-7-16-17(8-12)23-11-22-16/h2-9H,10-11H2,1H3. The summed E-state index contributed by atoms with van der Waals surface area (Å²) < 4.78 is 18.0. The molecule has 1 aliphatic rings. The van der Waals surface area contributed by atoms with Gasteiger partial charge in [-0.1, -0.05) is 24.3 Å². The molecule has 0 fully saturated rings. The molecule has 0 bridgehead atoms. The molecule has 0 aliphatic carbocycles. The second-order valence-electron chi connectivity index (χ2n) is 5.43. The number of aromatic nitrogens is 1. The fourth-order valence-corrected chi connectivity index (χ4v) is 2.76. The summed E-state index contributed by atoms with van der Waals surface area (Å²) in [5, 5.41) is 0.894. The number of nitrogens with zero attached hydrogens (tertiary/aromatic N) is 1. The maximum absolute atomic E-state index is 12.4. The number of carbonyl (C=O) groups excluding carboxylic acids is 1. The Morgan fingerprint density at radius 2 is 2.00 bits per heavy atom. The van der Waals surface area contributed by atoms with E-state index in [1.165, 1.54) is 0 Å². The Balaban J connectivity index is 1.53. The molecule has 0 radical (unpaired) electrons. The predicted octanol–water partition coefficient (Wildman–Crippen LogP) is 3.26. The summed E-state index contributed by atoms with van der Waals surface area (Å²) >= 11 is 0. The third-order valence-corrected chi connectivity index (χ3v) is 3.92. The van der Waals surface area contributed by atoms with Crippen LogP contribution in [0.3, 0.4) is 0 Å². The molecule has 1 aliphatic heterocycles. The van der Waals surface area contributed by atoms with Gasteiger partial charge in [0.05, 0.1) is 5.56 Å². The Kier molecular flexibility index (Phi) is 3.19. The number of hydrogen-bond donors (Lipinski definition) is 0. The van der Waals surface area contributed by atoms with Gasteiger partial charge in [-0.05, 0) is 23.8 Å².